The molecule has 1 aliphatic carbocycles. The van der Waals surface area contributed by atoms with Gasteiger partial charge in [-0.05, 0) is 42.6 Å². The molecule has 25 heavy (non-hydrogen) atoms. The lowest BCUT2D eigenvalue weighted by Gasteiger charge is -2.35. The highest BCUT2D eigenvalue weighted by atomic mass is 32.2. The Labute approximate surface area is 153 Å². The lowest BCUT2D eigenvalue weighted by atomic mass is 9.78. The van der Waals surface area contributed by atoms with Crippen molar-refractivity contribution in [3.05, 3.63) is 18.2 Å². The molecule has 1 saturated carbocycles. The lowest BCUT2D eigenvalue weighted by molar-refractivity contribution is -0.0232. The van der Waals surface area contributed by atoms with E-state index in [-0.39, 0.29) is 12.9 Å². The number of likely N-dealkylation sites (tertiary alicyclic amines) is 1. The molecule has 3 aliphatic rings. The quantitative estimate of drug-likeness (QED) is 0.782. The Bertz CT molecular complexity index is 599. The number of nitrogens with zero attached hydrogens (tertiary/aromatic N) is 1. The maximum atomic E-state index is 10.6. The second-order valence-corrected chi connectivity index (χ2v) is 8.58. The van der Waals surface area contributed by atoms with Crippen molar-refractivity contribution in [2.45, 2.75) is 32.0 Å². The predicted octanol–water partition coefficient (Wildman–Crippen LogP) is 2.62. The van der Waals surface area contributed by atoms with Crippen molar-refractivity contribution >= 4 is 11.8 Å². The van der Waals surface area contributed by atoms with E-state index in [4.69, 9.17) is 14.2 Å². The fraction of sp³-hybridized carbons (Fsp3) is 0.684. The minimum Gasteiger partial charge on any atom is -0.488 e. The van der Waals surface area contributed by atoms with E-state index in [1.807, 2.05) is 30.0 Å². The average molecular weight is 365 g/mol. The summed E-state index contributed by atoms with van der Waals surface area (Å²) in [6, 6.07) is 5.64. The van der Waals surface area contributed by atoms with Crippen molar-refractivity contribution in [2.75, 3.05) is 37.9 Å². The Balaban J connectivity index is 1.35. The molecule has 2 heterocycles. The van der Waals surface area contributed by atoms with Gasteiger partial charge in [0.15, 0.2) is 11.5 Å². The van der Waals surface area contributed by atoms with Crippen LogP contribution in [0, 0.1) is 11.8 Å². The Hall–Kier alpha value is -1.11. The van der Waals surface area contributed by atoms with Crippen molar-refractivity contribution in [2.24, 2.45) is 11.8 Å². The van der Waals surface area contributed by atoms with Crippen LogP contribution in [0.3, 0.4) is 0 Å². The highest BCUT2D eigenvalue weighted by Gasteiger charge is 2.42. The van der Waals surface area contributed by atoms with Crippen LogP contribution in [0.15, 0.2) is 18.2 Å². The number of rotatable bonds is 6. The van der Waals surface area contributed by atoms with E-state index < -0.39 is 6.10 Å². The van der Waals surface area contributed by atoms with E-state index in [9.17, 15) is 5.11 Å². The number of aliphatic hydroxyl groups is 1. The molecule has 1 saturated heterocycles. The fourth-order valence-corrected chi connectivity index (χ4v) is 4.94. The van der Waals surface area contributed by atoms with Gasteiger partial charge in [-0.25, -0.2) is 0 Å². The Morgan fingerprint density at radius 1 is 1.20 bits per heavy atom. The van der Waals surface area contributed by atoms with Gasteiger partial charge in [-0.3, -0.25) is 0 Å². The van der Waals surface area contributed by atoms with E-state index >= 15 is 0 Å². The van der Waals surface area contributed by atoms with Crippen LogP contribution in [0.2, 0.25) is 0 Å². The van der Waals surface area contributed by atoms with Gasteiger partial charge in [-0.1, -0.05) is 6.92 Å². The van der Waals surface area contributed by atoms with Crippen LogP contribution in [0.1, 0.15) is 19.8 Å². The number of thioether (sulfide) groups is 1. The van der Waals surface area contributed by atoms with E-state index in [1.54, 1.807) is 0 Å². The summed E-state index contributed by atoms with van der Waals surface area (Å²) in [7, 11) is 0. The van der Waals surface area contributed by atoms with Crippen LogP contribution in [-0.4, -0.2) is 60.1 Å². The maximum Gasteiger partial charge on any atom is 0.231 e. The maximum absolute atomic E-state index is 10.6. The minimum atomic E-state index is -0.392. The van der Waals surface area contributed by atoms with Crippen LogP contribution in [-0.2, 0) is 0 Å². The molecule has 0 radical (unpaired) electrons. The summed E-state index contributed by atoms with van der Waals surface area (Å²) in [5.41, 5.74) is 0. The molecule has 0 spiro atoms. The molecule has 4 atom stereocenters. The molecule has 1 N–H and O–H groups in total. The van der Waals surface area contributed by atoms with E-state index in [2.05, 4.69) is 11.8 Å². The zero-order valence-electron chi connectivity index (χ0n) is 14.7. The largest absolute Gasteiger partial charge is 0.488 e. The average Bonchev–Trinajstić information content (AvgIpc) is 3.21. The number of ether oxygens (including phenoxy) is 3. The van der Waals surface area contributed by atoms with Gasteiger partial charge in [0, 0.05) is 31.5 Å². The molecule has 0 aromatic heterocycles. The van der Waals surface area contributed by atoms with Crippen molar-refractivity contribution in [1.82, 2.24) is 4.90 Å². The third-order valence-electron chi connectivity index (χ3n) is 5.55. The summed E-state index contributed by atoms with van der Waals surface area (Å²) < 4.78 is 16.9. The highest BCUT2D eigenvalue weighted by molar-refractivity contribution is 7.99. The number of aliphatic hydroxyl groups excluding tert-OH is 1. The van der Waals surface area contributed by atoms with Gasteiger partial charge in [0.05, 0.1) is 6.10 Å². The van der Waals surface area contributed by atoms with Gasteiger partial charge in [0.25, 0.3) is 0 Å². The second kappa shape index (κ2) is 7.64. The molecule has 0 bridgehead atoms. The summed E-state index contributed by atoms with van der Waals surface area (Å²) in [5, 5.41) is 10.6. The zero-order chi connectivity index (χ0) is 17.2. The fourth-order valence-electron chi connectivity index (χ4n) is 4.26. The third-order valence-corrected chi connectivity index (χ3v) is 6.43. The third kappa shape index (κ3) is 3.86. The molecular formula is C19H27NO4S. The first-order valence-electron chi connectivity index (χ1n) is 9.27. The first-order chi connectivity index (χ1) is 12.2. The Morgan fingerprint density at radius 2 is 2.00 bits per heavy atom. The van der Waals surface area contributed by atoms with E-state index in [0.717, 1.165) is 49.7 Å². The lowest BCUT2D eigenvalue weighted by Crippen LogP contribution is -2.42. The SMILES string of the molecule is CCSCCN1C[C@H]2C[C@@H](Oc3ccc4c(c3)OCO4)[C@H](O)C[C@H]2C1. The van der Waals surface area contributed by atoms with Crippen molar-refractivity contribution in [1.29, 1.82) is 0 Å². The van der Waals surface area contributed by atoms with Crippen LogP contribution in [0.5, 0.6) is 17.2 Å². The molecule has 6 heteroatoms. The van der Waals surface area contributed by atoms with Gasteiger partial charge in [0.1, 0.15) is 11.9 Å². The van der Waals surface area contributed by atoms with E-state index in [0.29, 0.717) is 11.8 Å². The molecule has 0 unspecified atom stereocenters. The van der Waals surface area contributed by atoms with Gasteiger partial charge >= 0.3 is 0 Å². The summed E-state index contributed by atoms with van der Waals surface area (Å²) in [6.07, 6.45) is 1.25. The summed E-state index contributed by atoms with van der Waals surface area (Å²) in [4.78, 5) is 2.56. The molecule has 5 nitrogen and oxygen atoms in total. The normalized spacial score (nSPS) is 31.1. The molecule has 4 rings (SSSR count). The molecule has 1 aromatic rings. The number of hydrogen-bond donors (Lipinski definition) is 1. The Morgan fingerprint density at radius 3 is 2.84 bits per heavy atom. The number of benzene rings is 1. The standard InChI is InChI=1S/C19H27NO4S/c1-2-25-6-5-20-10-13-7-16(21)18(8-14(13)11-20)24-15-3-4-17-19(9-15)23-12-22-17/h3-4,9,13-14,16,18,21H,2,5-8,10-12H2,1H3/t13-,14+,16+,18+/m0/s1. The van der Waals surface area contributed by atoms with Crippen molar-refractivity contribution in [3.8, 4) is 17.2 Å². The Kier molecular flexibility index (Phi) is 5.29. The van der Waals surface area contributed by atoms with Crippen LogP contribution < -0.4 is 14.2 Å². The van der Waals surface area contributed by atoms with Crippen LogP contribution in [0.25, 0.3) is 0 Å². The number of hydrogen-bond acceptors (Lipinski definition) is 6. The van der Waals surface area contributed by atoms with Crippen LogP contribution in [0.4, 0.5) is 0 Å². The molecule has 0 amide bonds. The van der Waals surface area contributed by atoms with Crippen LogP contribution >= 0.6 is 11.8 Å². The van der Waals surface area contributed by atoms with Crippen molar-refractivity contribution < 1.29 is 19.3 Å². The zero-order valence-corrected chi connectivity index (χ0v) is 15.5. The van der Waals surface area contributed by atoms with E-state index in [1.165, 1.54) is 11.5 Å². The van der Waals surface area contributed by atoms with Gasteiger partial charge in [-0.15, -0.1) is 0 Å². The topological polar surface area (TPSA) is 51.2 Å². The molecule has 138 valence electrons. The van der Waals surface area contributed by atoms with Gasteiger partial charge in [-0.2, -0.15) is 11.8 Å². The second-order valence-electron chi connectivity index (χ2n) is 7.19. The molecule has 1 aromatic carbocycles. The predicted molar refractivity (Wildman–Crippen MR) is 98.6 cm³/mol. The first kappa shape index (κ1) is 17.3. The van der Waals surface area contributed by atoms with Gasteiger partial charge in [0.2, 0.25) is 6.79 Å². The summed E-state index contributed by atoms with van der Waals surface area (Å²) >= 11 is 2.00. The van der Waals surface area contributed by atoms with Gasteiger partial charge < -0.3 is 24.2 Å². The highest BCUT2D eigenvalue weighted by Crippen LogP contribution is 2.40. The smallest absolute Gasteiger partial charge is 0.231 e. The summed E-state index contributed by atoms with van der Waals surface area (Å²) in [6.45, 7) is 5.91. The molecule has 2 aliphatic heterocycles. The monoisotopic (exact) mass is 365 g/mol. The minimum absolute atomic E-state index is 0.133. The summed E-state index contributed by atoms with van der Waals surface area (Å²) in [5.74, 6) is 5.86. The molecular weight excluding hydrogens is 338 g/mol. The molecule has 2 fully saturated rings. The first-order valence-corrected chi connectivity index (χ1v) is 10.4. The van der Waals surface area contributed by atoms with Crippen molar-refractivity contribution in [3.63, 3.8) is 0 Å². The number of fused-ring (bicyclic) bond motifs is 2.